The van der Waals surface area contributed by atoms with Crippen LogP contribution in [0, 0.1) is 0 Å². The van der Waals surface area contributed by atoms with E-state index in [1.54, 1.807) is 0 Å². The van der Waals surface area contributed by atoms with Crippen molar-refractivity contribution in [1.82, 2.24) is 0 Å². The van der Waals surface area contributed by atoms with Crippen LogP contribution in [0.1, 0.15) is 54.0 Å². The maximum absolute atomic E-state index is 6.30. The molecule has 0 saturated heterocycles. The number of rotatable bonds is 4. The zero-order valence-electron chi connectivity index (χ0n) is 21.1. The van der Waals surface area contributed by atoms with Crippen molar-refractivity contribution in [2.75, 3.05) is 18.2 Å². The molecule has 3 heteroatoms. The van der Waals surface area contributed by atoms with Gasteiger partial charge >= 0.3 is 0 Å². The molecular formula is C33H33NO2. The summed E-state index contributed by atoms with van der Waals surface area (Å²) >= 11 is 0. The quantitative estimate of drug-likeness (QED) is 0.305. The molecule has 1 unspecified atom stereocenters. The molecule has 0 bridgehead atoms. The molecule has 0 saturated carbocycles. The first-order chi connectivity index (χ1) is 17.6. The molecule has 0 fully saturated rings. The molecule has 2 aliphatic heterocycles. The SMILES string of the molecule is CC(C)(c1ccc2c(c1)CCC(c1ccccc1)CO2)c1ccc2c(c1)CN(c1ccccc1)CO2. The summed E-state index contributed by atoms with van der Waals surface area (Å²) in [6.07, 6.45) is 2.13. The van der Waals surface area contributed by atoms with Crippen molar-refractivity contribution in [3.05, 3.63) is 125 Å². The second-order valence-electron chi connectivity index (χ2n) is 10.5. The molecular weight excluding hydrogens is 442 g/mol. The topological polar surface area (TPSA) is 21.7 Å². The van der Waals surface area contributed by atoms with Crippen LogP contribution < -0.4 is 14.4 Å². The number of aryl methyl sites for hydroxylation is 1. The van der Waals surface area contributed by atoms with E-state index >= 15 is 0 Å². The van der Waals surface area contributed by atoms with Crippen molar-refractivity contribution in [3.63, 3.8) is 0 Å². The number of hydrogen-bond donors (Lipinski definition) is 0. The van der Waals surface area contributed by atoms with Gasteiger partial charge in [0.25, 0.3) is 0 Å². The summed E-state index contributed by atoms with van der Waals surface area (Å²) in [6.45, 7) is 6.80. The number of fused-ring (bicyclic) bond motifs is 2. The van der Waals surface area contributed by atoms with Crippen LogP contribution >= 0.6 is 0 Å². The monoisotopic (exact) mass is 475 g/mol. The first kappa shape index (κ1) is 22.7. The van der Waals surface area contributed by atoms with Crippen molar-refractivity contribution in [2.24, 2.45) is 0 Å². The normalized spacial score (nSPS) is 17.3. The van der Waals surface area contributed by atoms with Gasteiger partial charge in [-0.3, -0.25) is 0 Å². The predicted molar refractivity (Wildman–Crippen MR) is 146 cm³/mol. The number of para-hydroxylation sites is 1. The van der Waals surface area contributed by atoms with Gasteiger partial charge in [-0.25, -0.2) is 0 Å². The van der Waals surface area contributed by atoms with E-state index in [2.05, 4.69) is 116 Å². The Hall–Kier alpha value is -3.72. The zero-order chi connectivity index (χ0) is 24.5. The molecule has 0 aromatic heterocycles. The Morgan fingerprint density at radius 3 is 2.08 bits per heavy atom. The van der Waals surface area contributed by atoms with Crippen LogP contribution in [-0.4, -0.2) is 13.3 Å². The van der Waals surface area contributed by atoms with Crippen molar-refractivity contribution in [2.45, 2.75) is 44.6 Å². The van der Waals surface area contributed by atoms with Crippen molar-refractivity contribution in [1.29, 1.82) is 0 Å². The Morgan fingerprint density at radius 2 is 1.36 bits per heavy atom. The Balaban J connectivity index is 1.25. The summed E-state index contributed by atoms with van der Waals surface area (Å²) in [5.41, 5.74) is 7.59. The van der Waals surface area contributed by atoms with E-state index < -0.39 is 0 Å². The Bertz CT molecular complexity index is 1350. The van der Waals surface area contributed by atoms with Gasteiger partial charge in [0.15, 0.2) is 6.73 Å². The lowest BCUT2D eigenvalue weighted by atomic mass is 9.76. The lowest BCUT2D eigenvalue weighted by Crippen LogP contribution is -2.32. The summed E-state index contributed by atoms with van der Waals surface area (Å²) in [5, 5.41) is 0. The number of ether oxygens (including phenoxy) is 2. The fourth-order valence-electron chi connectivity index (χ4n) is 5.50. The number of anilines is 1. The third-order valence-electron chi connectivity index (χ3n) is 7.90. The van der Waals surface area contributed by atoms with Crippen LogP contribution in [0.3, 0.4) is 0 Å². The van der Waals surface area contributed by atoms with E-state index in [0.717, 1.165) is 37.5 Å². The van der Waals surface area contributed by atoms with Crippen LogP contribution in [0.4, 0.5) is 5.69 Å². The van der Waals surface area contributed by atoms with Gasteiger partial charge in [-0.05, 0) is 65.4 Å². The van der Waals surface area contributed by atoms with Crippen LogP contribution in [0.2, 0.25) is 0 Å². The van der Waals surface area contributed by atoms with Crippen molar-refractivity contribution >= 4 is 5.69 Å². The highest BCUT2D eigenvalue weighted by molar-refractivity contribution is 5.52. The van der Waals surface area contributed by atoms with Crippen LogP contribution in [-0.2, 0) is 18.4 Å². The summed E-state index contributed by atoms with van der Waals surface area (Å²) < 4.78 is 12.4. The van der Waals surface area contributed by atoms with Gasteiger partial charge in [-0.1, -0.05) is 80.6 Å². The predicted octanol–water partition coefficient (Wildman–Crippen LogP) is 7.48. The molecule has 2 heterocycles. The molecule has 0 spiro atoms. The van der Waals surface area contributed by atoms with Crippen molar-refractivity contribution in [3.8, 4) is 11.5 Å². The summed E-state index contributed by atoms with van der Waals surface area (Å²) in [7, 11) is 0. The maximum atomic E-state index is 6.30. The third-order valence-corrected chi connectivity index (χ3v) is 7.90. The molecule has 3 nitrogen and oxygen atoms in total. The molecule has 36 heavy (non-hydrogen) atoms. The molecule has 6 rings (SSSR count). The summed E-state index contributed by atoms with van der Waals surface area (Å²) in [4.78, 5) is 2.28. The fraction of sp³-hybridized carbons (Fsp3) is 0.273. The Morgan fingerprint density at radius 1 is 0.722 bits per heavy atom. The molecule has 4 aromatic carbocycles. The van der Waals surface area contributed by atoms with E-state index in [0.29, 0.717) is 12.6 Å². The molecule has 0 radical (unpaired) electrons. The third kappa shape index (κ3) is 4.35. The van der Waals surface area contributed by atoms with Gasteiger partial charge in [0, 0.05) is 29.1 Å². The standard InChI is InChI=1S/C33H33NO2/c1-33(2,29-16-18-32-27(20-29)21-34(23-36-32)30-11-7-4-8-12-30)28-15-17-31-25(19-28)13-14-26(22-35-31)24-9-5-3-6-10-24/h3-12,15-20,26H,13-14,21-23H2,1-2H3. The Labute approximate surface area is 214 Å². The van der Waals surface area contributed by atoms with E-state index in [-0.39, 0.29) is 5.41 Å². The van der Waals surface area contributed by atoms with E-state index in [1.165, 1.54) is 33.5 Å². The van der Waals surface area contributed by atoms with Gasteiger partial charge < -0.3 is 14.4 Å². The summed E-state index contributed by atoms with van der Waals surface area (Å²) in [6, 6.07) is 34.7. The highest BCUT2D eigenvalue weighted by Crippen LogP contribution is 2.39. The number of nitrogens with zero attached hydrogens (tertiary/aromatic N) is 1. The van der Waals surface area contributed by atoms with E-state index in [9.17, 15) is 0 Å². The van der Waals surface area contributed by atoms with Crippen LogP contribution in [0.25, 0.3) is 0 Å². The fourth-order valence-corrected chi connectivity index (χ4v) is 5.50. The lowest BCUT2D eigenvalue weighted by molar-refractivity contribution is 0.289. The largest absolute Gasteiger partial charge is 0.493 e. The Kier molecular flexibility index (Phi) is 5.92. The average Bonchev–Trinajstić information content (AvgIpc) is 3.16. The first-order valence-corrected chi connectivity index (χ1v) is 13.0. The first-order valence-electron chi connectivity index (χ1n) is 13.0. The minimum absolute atomic E-state index is 0.135. The van der Waals surface area contributed by atoms with Crippen LogP contribution in [0.5, 0.6) is 11.5 Å². The second-order valence-corrected chi connectivity index (χ2v) is 10.5. The smallest absolute Gasteiger partial charge is 0.161 e. The minimum atomic E-state index is -0.135. The molecule has 0 aliphatic carbocycles. The molecule has 1 atom stereocenters. The average molecular weight is 476 g/mol. The molecule has 0 amide bonds. The minimum Gasteiger partial charge on any atom is -0.493 e. The molecule has 182 valence electrons. The summed E-state index contributed by atoms with van der Waals surface area (Å²) in [5.74, 6) is 2.46. The maximum Gasteiger partial charge on any atom is 0.161 e. The van der Waals surface area contributed by atoms with E-state index in [4.69, 9.17) is 9.47 Å². The van der Waals surface area contributed by atoms with Crippen molar-refractivity contribution < 1.29 is 9.47 Å². The highest BCUT2D eigenvalue weighted by atomic mass is 16.5. The second kappa shape index (κ2) is 9.39. The molecule has 4 aromatic rings. The van der Waals surface area contributed by atoms with Gasteiger partial charge in [-0.15, -0.1) is 0 Å². The van der Waals surface area contributed by atoms with Gasteiger partial charge in [0.1, 0.15) is 11.5 Å². The molecule has 2 aliphatic rings. The zero-order valence-corrected chi connectivity index (χ0v) is 21.1. The number of benzene rings is 4. The lowest BCUT2D eigenvalue weighted by Gasteiger charge is -2.33. The van der Waals surface area contributed by atoms with Gasteiger partial charge in [0.2, 0.25) is 0 Å². The van der Waals surface area contributed by atoms with Gasteiger partial charge in [-0.2, -0.15) is 0 Å². The number of hydrogen-bond acceptors (Lipinski definition) is 3. The highest BCUT2D eigenvalue weighted by Gasteiger charge is 2.28. The molecule has 0 N–H and O–H groups in total. The van der Waals surface area contributed by atoms with E-state index in [1.807, 2.05) is 0 Å². The van der Waals surface area contributed by atoms with Crippen LogP contribution in [0.15, 0.2) is 97.1 Å². The van der Waals surface area contributed by atoms with Gasteiger partial charge in [0.05, 0.1) is 6.61 Å².